The normalized spacial score (nSPS) is 11.0. The molecule has 33 heavy (non-hydrogen) atoms. The molecule has 0 aliphatic rings. The van der Waals surface area contributed by atoms with E-state index in [9.17, 15) is 4.79 Å². The molecule has 1 heterocycles. The maximum absolute atomic E-state index is 12.8. The van der Waals surface area contributed by atoms with E-state index in [-0.39, 0.29) is 5.91 Å². The van der Waals surface area contributed by atoms with Crippen molar-refractivity contribution in [3.63, 3.8) is 0 Å². The fraction of sp³-hybridized carbons (Fsp3) is 0.276. The topological polar surface area (TPSA) is 43.3 Å². The van der Waals surface area contributed by atoms with Gasteiger partial charge in [-0.3, -0.25) is 4.79 Å². The van der Waals surface area contributed by atoms with E-state index in [4.69, 9.17) is 4.74 Å². The average Bonchev–Trinajstić information content (AvgIpc) is 3.05. The van der Waals surface area contributed by atoms with E-state index in [1.807, 2.05) is 43.3 Å². The van der Waals surface area contributed by atoms with E-state index >= 15 is 0 Å². The van der Waals surface area contributed by atoms with Crippen molar-refractivity contribution in [2.45, 2.75) is 40.7 Å². The van der Waals surface area contributed by atoms with Crippen molar-refractivity contribution in [3.8, 4) is 5.75 Å². The Hall–Kier alpha value is -3.53. The summed E-state index contributed by atoms with van der Waals surface area (Å²) in [5.74, 6) is 0.838. The van der Waals surface area contributed by atoms with Crippen molar-refractivity contribution in [1.29, 1.82) is 0 Å². The molecule has 4 heteroatoms. The van der Waals surface area contributed by atoms with Gasteiger partial charge in [0.05, 0.1) is 6.61 Å². The second-order valence-electron chi connectivity index (χ2n) is 8.60. The van der Waals surface area contributed by atoms with Crippen molar-refractivity contribution in [1.82, 2.24) is 9.88 Å². The second kappa shape index (κ2) is 9.95. The maximum Gasteiger partial charge on any atom is 0.251 e. The quantitative estimate of drug-likeness (QED) is 0.366. The fourth-order valence-corrected chi connectivity index (χ4v) is 4.33. The molecule has 0 bridgehead atoms. The van der Waals surface area contributed by atoms with Gasteiger partial charge in [0.25, 0.3) is 5.91 Å². The van der Waals surface area contributed by atoms with Crippen LogP contribution in [0.25, 0.3) is 10.9 Å². The van der Waals surface area contributed by atoms with Crippen LogP contribution in [0.3, 0.4) is 0 Å². The van der Waals surface area contributed by atoms with Crippen molar-refractivity contribution < 1.29 is 9.53 Å². The molecule has 0 spiro atoms. The highest BCUT2D eigenvalue weighted by atomic mass is 16.5. The zero-order valence-corrected chi connectivity index (χ0v) is 19.9. The minimum atomic E-state index is -0.0358. The third kappa shape index (κ3) is 5.11. The Kier molecular flexibility index (Phi) is 6.83. The van der Waals surface area contributed by atoms with Crippen molar-refractivity contribution in [2.75, 3.05) is 13.2 Å². The van der Waals surface area contributed by atoms with E-state index in [1.165, 1.54) is 27.9 Å². The van der Waals surface area contributed by atoms with E-state index in [0.717, 1.165) is 29.6 Å². The van der Waals surface area contributed by atoms with Gasteiger partial charge in [0, 0.05) is 35.2 Å². The number of nitrogens with one attached hydrogen (secondary N) is 1. The summed E-state index contributed by atoms with van der Waals surface area (Å²) in [4.78, 5) is 12.8. The molecule has 1 amide bonds. The van der Waals surface area contributed by atoms with E-state index in [2.05, 4.69) is 61.0 Å². The summed E-state index contributed by atoms with van der Waals surface area (Å²) in [5, 5.41) is 4.20. The Morgan fingerprint density at radius 3 is 2.45 bits per heavy atom. The molecule has 170 valence electrons. The lowest BCUT2D eigenvalue weighted by Crippen LogP contribution is -2.25. The predicted octanol–water partition coefficient (Wildman–Crippen LogP) is 5.99. The molecule has 0 fully saturated rings. The van der Waals surface area contributed by atoms with Crippen molar-refractivity contribution in [3.05, 3.63) is 100 Å². The summed E-state index contributed by atoms with van der Waals surface area (Å²) in [6.07, 6.45) is 0.783. The Morgan fingerprint density at radius 2 is 1.73 bits per heavy atom. The molecule has 3 aromatic carbocycles. The molecule has 0 saturated heterocycles. The summed E-state index contributed by atoms with van der Waals surface area (Å²) in [5.41, 5.74) is 8.05. The second-order valence-corrected chi connectivity index (χ2v) is 8.60. The number of rotatable bonds is 8. The number of nitrogens with zero attached hydrogens (tertiary/aromatic N) is 1. The van der Waals surface area contributed by atoms with Gasteiger partial charge in [0.1, 0.15) is 5.75 Å². The van der Waals surface area contributed by atoms with Gasteiger partial charge in [0.15, 0.2) is 0 Å². The van der Waals surface area contributed by atoms with E-state index in [0.29, 0.717) is 18.7 Å². The third-order valence-corrected chi connectivity index (χ3v) is 6.26. The monoisotopic (exact) mass is 440 g/mol. The van der Waals surface area contributed by atoms with E-state index < -0.39 is 0 Å². The summed E-state index contributed by atoms with van der Waals surface area (Å²) in [6.45, 7) is 10.5. The van der Waals surface area contributed by atoms with Gasteiger partial charge in [-0.1, -0.05) is 42.0 Å². The van der Waals surface area contributed by atoms with Crippen molar-refractivity contribution >= 4 is 16.8 Å². The first-order chi connectivity index (χ1) is 16.0. The zero-order valence-electron chi connectivity index (χ0n) is 19.9. The first kappa shape index (κ1) is 22.7. The van der Waals surface area contributed by atoms with Crippen LogP contribution in [0, 0.1) is 20.8 Å². The summed E-state index contributed by atoms with van der Waals surface area (Å²) < 4.78 is 7.82. The molecule has 0 unspecified atom stereocenters. The third-order valence-electron chi connectivity index (χ3n) is 6.26. The molecule has 4 aromatic rings. The Morgan fingerprint density at radius 1 is 0.939 bits per heavy atom. The summed E-state index contributed by atoms with van der Waals surface area (Å²) >= 11 is 0. The average molecular weight is 441 g/mol. The zero-order chi connectivity index (χ0) is 23.4. The molecule has 1 aromatic heterocycles. The molecule has 0 radical (unpaired) electrons. The molecular formula is C29H32N2O2. The molecule has 0 atom stereocenters. The number of aryl methyl sites for hydroxylation is 2. The molecule has 0 aliphatic heterocycles. The number of hydrogen-bond donors (Lipinski definition) is 1. The number of ether oxygens (including phenoxy) is 1. The Labute approximate surface area is 196 Å². The number of carbonyl (C=O) groups is 1. The maximum atomic E-state index is 12.8. The number of fused-ring (bicyclic) bond motifs is 1. The van der Waals surface area contributed by atoms with Gasteiger partial charge in [-0.25, -0.2) is 0 Å². The van der Waals surface area contributed by atoms with Crippen LogP contribution < -0.4 is 10.1 Å². The minimum Gasteiger partial charge on any atom is -0.494 e. The lowest BCUT2D eigenvalue weighted by Gasteiger charge is -2.10. The van der Waals surface area contributed by atoms with Crippen molar-refractivity contribution in [2.24, 2.45) is 0 Å². The predicted molar refractivity (Wildman–Crippen MR) is 135 cm³/mol. The lowest BCUT2D eigenvalue weighted by atomic mass is 10.1. The number of aromatic nitrogens is 1. The first-order valence-corrected chi connectivity index (χ1v) is 11.6. The smallest absolute Gasteiger partial charge is 0.251 e. The summed E-state index contributed by atoms with van der Waals surface area (Å²) in [6, 6.07) is 22.7. The number of carbonyl (C=O) groups excluding carboxylic acids is 1. The van der Waals surface area contributed by atoms with E-state index in [1.54, 1.807) is 0 Å². The molecule has 4 rings (SSSR count). The van der Waals surface area contributed by atoms with Crippen LogP contribution in [-0.4, -0.2) is 23.6 Å². The van der Waals surface area contributed by atoms with Crippen LogP contribution in [0.2, 0.25) is 0 Å². The highest BCUT2D eigenvalue weighted by molar-refractivity contribution is 5.99. The van der Waals surface area contributed by atoms with Gasteiger partial charge < -0.3 is 14.6 Å². The Balaban J connectivity index is 1.46. The molecule has 0 saturated carbocycles. The number of hydrogen-bond acceptors (Lipinski definition) is 2. The van der Waals surface area contributed by atoms with Crippen LogP contribution in [-0.2, 0) is 13.0 Å². The van der Waals surface area contributed by atoms with Gasteiger partial charge in [-0.05, 0) is 81.1 Å². The van der Waals surface area contributed by atoms with Crippen LogP contribution in [0.15, 0.2) is 66.7 Å². The minimum absolute atomic E-state index is 0.0358. The van der Waals surface area contributed by atoms with Gasteiger partial charge >= 0.3 is 0 Å². The van der Waals surface area contributed by atoms with Crippen LogP contribution in [0.1, 0.15) is 45.2 Å². The highest BCUT2D eigenvalue weighted by Crippen LogP contribution is 2.27. The first-order valence-electron chi connectivity index (χ1n) is 11.6. The molecule has 1 N–H and O–H groups in total. The lowest BCUT2D eigenvalue weighted by molar-refractivity contribution is 0.0954. The Bertz CT molecular complexity index is 1270. The van der Waals surface area contributed by atoms with Gasteiger partial charge in [0.2, 0.25) is 0 Å². The van der Waals surface area contributed by atoms with Crippen LogP contribution in [0.4, 0.5) is 0 Å². The van der Waals surface area contributed by atoms with Gasteiger partial charge in [-0.2, -0.15) is 0 Å². The molecule has 0 aliphatic carbocycles. The van der Waals surface area contributed by atoms with Gasteiger partial charge in [-0.15, -0.1) is 0 Å². The fourth-order valence-electron chi connectivity index (χ4n) is 4.33. The highest BCUT2D eigenvalue weighted by Gasteiger charge is 2.14. The number of amides is 1. The SMILES string of the molecule is CCOc1ccc(CCNC(=O)c2ccc3c(c2)c(C)c(C)n3Cc2cccc(C)c2)cc1. The summed E-state index contributed by atoms with van der Waals surface area (Å²) in [7, 11) is 0. The van der Waals surface area contributed by atoms with Crippen LogP contribution in [0.5, 0.6) is 5.75 Å². The molecular weight excluding hydrogens is 408 g/mol. The van der Waals surface area contributed by atoms with Crippen LogP contribution >= 0.6 is 0 Å². The largest absolute Gasteiger partial charge is 0.494 e. The number of benzene rings is 3. The standard InChI is InChI=1S/C29H32N2O2/c1-5-33-26-12-9-23(10-13-26)15-16-30-29(32)25-11-14-28-27(18-25)21(3)22(4)31(28)19-24-8-6-7-20(2)17-24/h6-14,17-18H,5,15-16,19H2,1-4H3,(H,30,32). The molecule has 4 nitrogen and oxygen atoms in total.